The topological polar surface area (TPSA) is 119 Å². The summed E-state index contributed by atoms with van der Waals surface area (Å²) in [5, 5.41) is 13.4. The second kappa shape index (κ2) is 19.5. The number of ether oxygens (including phenoxy) is 4. The minimum Gasteiger partial charge on any atom is -0.379 e. The lowest BCUT2D eigenvalue weighted by atomic mass is 9.83. The predicted octanol–water partition coefficient (Wildman–Crippen LogP) is 3.85. The van der Waals surface area contributed by atoms with Crippen LogP contribution in [0, 0.1) is 11.3 Å². The first-order valence-corrected chi connectivity index (χ1v) is 18.2. The fourth-order valence-corrected chi connectivity index (χ4v) is 7.98. The molecular weight excluding hydrogens is 572 g/mol. The highest BCUT2D eigenvalue weighted by atomic mass is 16.5. The number of carbonyl (C=O) groups is 2. The van der Waals surface area contributed by atoms with Crippen LogP contribution in [-0.4, -0.2) is 102 Å². The summed E-state index contributed by atoms with van der Waals surface area (Å²) in [7, 11) is 3.72. The molecule has 3 saturated carbocycles. The summed E-state index contributed by atoms with van der Waals surface area (Å²) in [6.45, 7) is 6.95. The highest BCUT2D eigenvalue weighted by Gasteiger charge is 2.37. The molecule has 0 aromatic rings. The van der Waals surface area contributed by atoms with Crippen molar-refractivity contribution in [1.29, 1.82) is 0 Å². The molecule has 0 aromatic heterocycles. The standard InChI is InChI=1S/C35H64N4O6/c1-35(18-15-28(24-35)38-31-16-22-43-25-32(31)42-3)17-5-19-37-34(41)26-7-9-27(10-8-26)39-33(40)6-4-21-44-29-11-13-30(14-12-29)45-23-20-36-2/h26-32,36,38H,4-25H2,1-3H3,(H,37,41)(H,39,40). The molecule has 0 radical (unpaired) electrons. The number of methoxy groups -OCH3 is 1. The van der Waals surface area contributed by atoms with Gasteiger partial charge in [0.05, 0.1) is 31.5 Å². The molecule has 3 aliphatic carbocycles. The van der Waals surface area contributed by atoms with Crippen LogP contribution in [0.2, 0.25) is 0 Å². The van der Waals surface area contributed by atoms with E-state index < -0.39 is 0 Å². The summed E-state index contributed by atoms with van der Waals surface area (Å²) in [6, 6.07) is 1.11. The maximum absolute atomic E-state index is 12.9. The van der Waals surface area contributed by atoms with Gasteiger partial charge in [-0.15, -0.1) is 0 Å². The molecule has 0 spiro atoms. The molecule has 4 aliphatic rings. The molecular formula is C35H64N4O6. The van der Waals surface area contributed by atoms with Crippen LogP contribution in [0.25, 0.3) is 0 Å². The van der Waals surface area contributed by atoms with E-state index in [0.717, 1.165) is 103 Å². The van der Waals surface area contributed by atoms with Crippen LogP contribution in [0.4, 0.5) is 0 Å². The van der Waals surface area contributed by atoms with E-state index in [2.05, 4.69) is 28.2 Å². The van der Waals surface area contributed by atoms with Crippen molar-refractivity contribution in [3.8, 4) is 0 Å². The molecule has 1 aliphatic heterocycles. The van der Waals surface area contributed by atoms with Crippen molar-refractivity contribution in [3.63, 3.8) is 0 Å². The number of likely N-dealkylation sites (N-methyl/N-ethyl adjacent to an activating group) is 1. The minimum absolute atomic E-state index is 0.0687. The highest BCUT2D eigenvalue weighted by Crippen LogP contribution is 2.42. The SMILES string of the molecule is CNCCOC1CCC(OCCCC(=O)NC2CCC(C(=O)NCCCC3(C)CCC(NC4CCOCC4OC)C3)CC2)CC1. The summed E-state index contributed by atoms with van der Waals surface area (Å²) in [5.74, 6) is 0.369. The quantitative estimate of drug-likeness (QED) is 0.168. The van der Waals surface area contributed by atoms with Gasteiger partial charge in [0, 0.05) is 63.9 Å². The third kappa shape index (κ3) is 12.7. The van der Waals surface area contributed by atoms with Crippen LogP contribution in [0.15, 0.2) is 0 Å². The predicted molar refractivity (Wildman–Crippen MR) is 176 cm³/mol. The Morgan fingerprint density at radius 2 is 1.60 bits per heavy atom. The van der Waals surface area contributed by atoms with Crippen molar-refractivity contribution < 1.29 is 28.5 Å². The van der Waals surface area contributed by atoms with Crippen molar-refractivity contribution in [3.05, 3.63) is 0 Å². The van der Waals surface area contributed by atoms with Gasteiger partial charge in [-0.1, -0.05) is 6.92 Å². The largest absolute Gasteiger partial charge is 0.379 e. The van der Waals surface area contributed by atoms with E-state index in [1.54, 1.807) is 7.11 Å². The summed E-state index contributed by atoms with van der Waals surface area (Å²) in [4.78, 5) is 25.4. The lowest BCUT2D eigenvalue weighted by Gasteiger charge is -2.34. The average molecular weight is 637 g/mol. The third-order valence-electron chi connectivity index (χ3n) is 10.8. The Morgan fingerprint density at radius 3 is 2.31 bits per heavy atom. The molecule has 4 atom stereocenters. The van der Waals surface area contributed by atoms with Crippen LogP contribution in [0.3, 0.4) is 0 Å². The Hall–Kier alpha value is -1.30. The molecule has 4 N–H and O–H groups in total. The zero-order valence-electron chi connectivity index (χ0n) is 28.5. The number of carbonyl (C=O) groups excluding carboxylic acids is 2. The first-order chi connectivity index (χ1) is 21.9. The van der Waals surface area contributed by atoms with Crippen molar-refractivity contribution in [2.24, 2.45) is 11.3 Å². The molecule has 4 fully saturated rings. The maximum atomic E-state index is 12.9. The highest BCUT2D eigenvalue weighted by molar-refractivity contribution is 5.79. The van der Waals surface area contributed by atoms with Crippen LogP contribution >= 0.6 is 0 Å². The van der Waals surface area contributed by atoms with Gasteiger partial charge in [-0.2, -0.15) is 0 Å². The first-order valence-electron chi connectivity index (χ1n) is 18.2. The molecule has 10 nitrogen and oxygen atoms in total. The average Bonchev–Trinajstić information content (AvgIpc) is 3.42. The van der Waals surface area contributed by atoms with E-state index in [4.69, 9.17) is 18.9 Å². The molecule has 1 heterocycles. The van der Waals surface area contributed by atoms with Gasteiger partial charge in [0.1, 0.15) is 0 Å². The summed E-state index contributed by atoms with van der Waals surface area (Å²) < 4.78 is 23.1. The third-order valence-corrected chi connectivity index (χ3v) is 10.8. The molecule has 4 unspecified atom stereocenters. The van der Waals surface area contributed by atoms with Crippen LogP contribution in [-0.2, 0) is 28.5 Å². The zero-order chi connectivity index (χ0) is 31.9. The first kappa shape index (κ1) is 36.5. The van der Waals surface area contributed by atoms with Crippen LogP contribution in [0.5, 0.6) is 0 Å². The number of rotatable bonds is 18. The van der Waals surface area contributed by atoms with Crippen molar-refractivity contribution >= 4 is 11.8 Å². The Bertz CT molecular complexity index is 863. The maximum Gasteiger partial charge on any atom is 0.223 e. The molecule has 260 valence electrons. The monoisotopic (exact) mass is 636 g/mol. The second-order valence-corrected chi connectivity index (χ2v) is 14.5. The summed E-state index contributed by atoms with van der Waals surface area (Å²) >= 11 is 0. The van der Waals surface area contributed by atoms with Crippen LogP contribution < -0.4 is 21.3 Å². The van der Waals surface area contributed by atoms with Gasteiger partial charge in [-0.3, -0.25) is 9.59 Å². The molecule has 2 amide bonds. The number of hydrogen-bond donors (Lipinski definition) is 4. The Balaban J connectivity index is 0.993. The van der Waals surface area contributed by atoms with Gasteiger partial charge in [-0.25, -0.2) is 0 Å². The van der Waals surface area contributed by atoms with E-state index in [-0.39, 0.29) is 29.9 Å². The van der Waals surface area contributed by atoms with Gasteiger partial charge < -0.3 is 40.2 Å². The second-order valence-electron chi connectivity index (χ2n) is 14.5. The Kier molecular flexibility index (Phi) is 15.8. The Labute approximate surface area is 272 Å². The normalized spacial score (nSPS) is 34.0. The van der Waals surface area contributed by atoms with Crippen molar-refractivity contribution in [2.75, 3.05) is 53.7 Å². The van der Waals surface area contributed by atoms with Crippen LogP contribution in [0.1, 0.15) is 110 Å². The van der Waals surface area contributed by atoms with Gasteiger partial charge in [0.2, 0.25) is 11.8 Å². The van der Waals surface area contributed by atoms with Gasteiger partial charge >= 0.3 is 0 Å². The summed E-state index contributed by atoms with van der Waals surface area (Å²) in [5.41, 5.74) is 0.333. The number of amides is 2. The smallest absolute Gasteiger partial charge is 0.223 e. The van der Waals surface area contributed by atoms with E-state index in [9.17, 15) is 9.59 Å². The van der Waals surface area contributed by atoms with Gasteiger partial charge in [0.25, 0.3) is 0 Å². The minimum atomic E-state index is 0.0687. The van der Waals surface area contributed by atoms with Gasteiger partial charge in [-0.05, 0) is 109 Å². The molecule has 0 bridgehead atoms. The summed E-state index contributed by atoms with van der Waals surface area (Å²) in [6.07, 6.45) is 16.5. The van der Waals surface area contributed by atoms with E-state index in [1.807, 2.05) is 7.05 Å². The van der Waals surface area contributed by atoms with Crippen molar-refractivity contribution in [2.45, 2.75) is 146 Å². The van der Waals surface area contributed by atoms with Crippen molar-refractivity contribution in [1.82, 2.24) is 21.3 Å². The lowest BCUT2D eigenvalue weighted by Crippen LogP contribution is -2.50. The zero-order valence-corrected chi connectivity index (χ0v) is 28.5. The molecule has 1 saturated heterocycles. The molecule has 4 rings (SSSR count). The Morgan fingerprint density at radius 1 is 0.867 bits per heavy atom. The van der Waals surface area contributed by atoms with Gasteiger partial charge in [0.15, 0.2) is 0 Å². The molecule has 10 heteroatoms. The fraction of sp³-hybridized carbons (Fsp3) is 0.943. The lowest BCUT2D eigenvalue weighted by molar-refractivity contribution is -0.126. The number of hydrogen-bond acceptors (Lipinski definition) is 8. The van der Waals surface area contributed by atoms with E-state index >= 15 is 0 Å². The molecule has 0 aromatic carbocycles. The number of nitrogens with one attached hydrogen (secondary N) is 4. The van der Waals surface area contributed by atoms with E-state index in [1.165, 1.54) is 19.3 Å². The fourth-order valence-electron chi connectivity index (χ4n) is 7.98. The van der Waals surface area contributed by atoms with E-state index in [0.29, 0.717) is 49.3 Å². The molecule has 45 heavy (non-hydrogen) atoms.